The van der Waals surface area contributed by atoms with Gasteiger partial charge in [0.15, 0.2) is 0 Å². The van der Waals surface area contributed by atoms with Gasteiger partial charge >= 0.3 is 5.97 Å². The van der Waals surface area contributed by atoms with Crippen molar-refractivity contribution in [3.05, 3.63) is 59.2 Å². The normalized spacial score (nSPS) is 14.7. The molecule has 136 valence electrons. The van der Waals surface area contributed by atoms with Gasteiger partial charge in [0, 0.05) is 29.7 Å². The van der Waals surface area contributed by atoms with E-state index in [-0.39, 0.29) is 5.97 Å². The molecule has 0 amide bonds. The first-order chi connectivity index (χ1) is 12.7. The summed E-state index contributed by atoms with van der Waals surface area (Å²) in [6.45, 7) is 5.33. The van der Waals surface area contributed by atoms with Crippen molar-refractivity contribution in [1.29, 1.82) is 0 Å². The minimum atomic E-state index is -0.324. The second-order valence-corrected chi connectivity index (χ2v) is 6.24. The molecule has 4 heteroatoms. The molecule has 0 fully saturated rings. The smallest absolute Gasteiger partial charge is 0.339 e. The van der Waals surface area contributed by atoms with Crippen LogP contribution >= 0.6 is 0 Å². The molecule has 0 saturated carbocycles. The highest BCUT2D eigenvalue weighted by Gasteiger charge is 2.26. The molecule has 0 aromatic heterocycles. The maximum Gasteiger partial charge on any atom is 0.339 e. The third kappa shape index (κ3) is 4.26. The molecular weight excluding hydrogens is 328 g/mol. The first kappa shape index (κ1) is 18.1. The molecule has 26 heavy (non-hydrogen) atoms. The Kier molecular flexibility index (Phi) is 5.95. The van der Waals surface area contributed by atoms with Gasteiger partial charge in [-0.25, -0.2) is 4.79 Å². The van der Waals surface area contributed by atoms with Crippen molar-refractivity contribution >= 4 is 12.0 Å². The second kappa shape index (κ2) is 8.56. The highest BCUT2D eigenvalue weighted by atomic mass is 16.5. The molecule has 0 spiro atoms. The lowest BCUT2D eigenvalue weighted by molar-refractivity contribution is -0.130. The van der Waals surface area contributed by atoms with Gasteiger partial charge < -0.3 is 14.2 Å². The summed E-state index contributed by atoms with van der Waals surface area (Å²) in [4.78, 5) is 12.4. The second-order valence-electron chi connectivity index (χ2n) is 6.24. The highest BCUT2D eigenvalue weighted by Crippen LogP contribution is 2.39. The molecule has 3 rings (SSSR count). The number of ether oxygens (including phenoxy) is 3. The zero-order valence-corrected chi connectivity index (χ0v) is 15.3. The van der Waals surface area contributed by atoms with E-state index in [1.165, 1.54) is 0 Å². The molecule has 0 aliphatic carbocycles. The van der Waals surface area contributed by atoms with Gasteiger partial charge in [0.1, 0.15) is 17.2 Å². The molecule has 0 saturated heterocycles. The summed E-state index contributed by atoms with van der Waals surface area (Å²) >= 11 is 0. The zero-order valence-electron chi connectivity index (χ0n) is 15.3. The van der Waals surface area contributed by atoms with E-state index in [1.807, 2.05) is 49.4 Å². The summed E-state index contributed by atoms with van der Waals surface area (Å²) in [5.41, 5.74) is 2.48. The van der Waals surface area contributed by atoms with E-state index < -0.39 is 0 Å². The standard InChI is InChI=1S/C22H24O4/c1-3-10-24-18-14-20(25-11-4-2)19-13-17(22(23)26-21(19)15-18)12-16-8-6-5-7-9-16/h5-9,12,14-15H,3-4,10-11,13H2,1-2H3. The van der Waals surface area contributed by atoms with Crippen molar-refractivity contribution in [1.82, 2.24) is 0 Å². The first-order valence-corrected chi connectivity index (χ1v) is 9.11. The Labute approximate surface area is 154 Å². The summed E-state index contributed by atoms with van der Waals surface area (Å²) in [5, 5.41) is 0. The number of fused-ring (bicyclic) bond motifs is 1. The Bertz CT molecular complexity index is 793. The Balaban J connectivity index is 1.94. The Hall–Kier alpha value is -2.75. The lowest BCUT2D eigenvalue weighted by Gasteiger charge is -2.22. The predicted molar refractivity (Wildman–Crippen MR) is 102 cm³/mol. The van der Waals surface area contributed by atoms with Gasteiger partial charge in [-0.1, -0.05) is 44.2 Å². The Morgan fingerprint density at radius 1 is 1.04 bits per heavy atom. The number of carbonyl (C=O) groups excluding carboxylic acids is 1. The van der Waals surface area contributed by atoms with E-state index >= 15 is 0 Å². The maximum absolute atomic E-state index is 12.4. The van der Waals surface area contributed by atoms with Gasteiger partial charge in [-0.05, 0) is 24.5 Å². The quantitative estimate of drug-likeness (QED) is 0.407. The Morgan fingerprint density at radius 3 is 2.50 bits per heavy atom. The average molecular weight is 352 g/mol. The summed E-state index contributed by atoms with van der Waals surface area (Å²) in [7, 11) is 0. The molecule has 2 aromatic rings. The summed E-state index contributed by atoms with van der Waals surface area (Å²) in [6, 6.07) is 13.4. The zero-order chi connectivity index (χ0) is 18.4. The minimum absolute atomic E-state index is 0.324. The molecule has 4 nitrogen and oxygen atoms in total. The van der Waals surface area contributed by atoms with Crippen molar-refractivity contribution in [2.75, 3.05) is 13.2 Å². The molecular formula is C22H24O4. The number of carbonyl (C=O) groups is 1. The lowest BCUT2D eigenvalue weighted by atomic mass is 9.98. The molecule has 2 aromatic carbocycles. The summed E-state index contributed by atoms with van der Waals surface area (Å²) in [6.07, 6.45) is 4.17. The van der Waals surface area contributed by atoms with Crippen LogP contribution in [0.25, 0.3) is 6.08 Å². The van der Waals surface area contributed by atoms with Crippen molar-refractivity contribution < 1.29 is 19.0 Å². The summed E-state index contributed by atoms with van der Waals surface area (Å²) in [5.74, 6) is 1.59. The highest BCUT2D eigenvalue weighted by molar-refractivity contribution is 5.97. The molecule has 0 N–H and O–H groups in total. The van der Waals surface area contributed by atoms with Crippen molar-refractivity contribution in [2.45, 2.75) is 33.1 Å². The molecule has 0 atom stereocenters. The van der Waals surface area contributed by atoms with Gasteiger partial charge in [-0.3, -0.25) is 0 Å². The minimum Gasteiger partial charge on any atom is -0.493 e. The van der Waals surface area contributed by atoms with Crippen LogP contribution in [0, 0.1) is 0 Å². The van der Waals surface area contributed by atoms with Crippen LogP contribution in [0.4, 0.5) is 0 Å². The summed E-state index contributed by atoms with van der Waals surface area (Å²) < 4.78 is 17.2. The van der Waals surface area contributed by atoms with Crippen LogP contribution in [0.15, 0.2) is 48.0 Å². The molecule has 0 unspecified atom stereocenters. The number of benzene rings is 2. The van der Waals surface area contributed by atoms with Crippen molar-refractivity contribution in [3.63, 3.8) is 0 Å². The van der Waals surface area contributed by atoms with E-state index in [9.17, 15) is 4.79 Å². The van der Waals surface area contributed by atoms with E-state index in [0.29, 0.717) is 36.7 Å². The molecule has 1 aliphatic heterocycles. The fourth-order valence-electron chi connectivity index (χ4n) is 2.79. The van der Waals surface area contributed by atoms with Crippen LogP contribution in [0.2, 0.25) is 0 Å². The topological polar surface area (TPSA) is 44.8 Å². The maximum atomic E-state index is 12.4. The monoisotopic (exact) mass is 352 g/mol. The SMILES string of the molecule is CCCOc1cc(OCCC)c2c(c1)OC(=O)C(=Cc1ccccc1)C2. The van der Waals surface area contributed by atoms with Crippen LogP contribution in [0.5, 0.6) is 17.2 Å². The number of hydrogen-bond acceptors (Lipinski definition) is 4. The van der Waals surface area contributed by atoms with Crippen LogP contribution in [-0.4, -0.2) is 19.2 Å². The number of rotatable bonds is 7. The fraction of sp³-hybridized carbons (Fsp3) is 0.318. The van der Waals surface area contributed by atoms with Crippen molar-refractivity contribution in [3.8, 4) is 17.2 Å². The van der Waals surface area contributed by atoms with E-state index in [2.05, 4.69) is 6.92 Å². The van der Waals surface area contributed by atoms with Gasteiger partial charge in [-0.2, -0.15) is 0 Å². The third-order valence-electron chi connectivity index (χ3n) is 4.05. The van der Waals surface area contributed by atoms with Gasteiger partial charge in [-0.15, -0.1) is 0 Å². The average Bonchev–Trinajstić information content (AvgIpc) is 2.66. The lowest BCUT2D eigenvalue weighted by Crippen LogP contribution is -2.20. The van der Waals surface area contributed by atoms with E-state index in [1.54, 1.807) is 6.07 Å². The van der Waals surface area contributed by atoms with Gasteiger partial charge in [0.2, 0.25) is 0 Å². The third-order valence-corrected chi connectivity index (χ3v) is 4.05. The fourth-order valence-corrected chi connectivity index (χ4v) is 2.79. The molecule has 1 heterocycles. The largest absolute Gasteiger partial charge is 0.493 e. The van der Waals surface area contributed by atoms with Gasteiger partial charge in [0.25, 0.3) is 0 Å². The molecule has 0 bridgehead atoms. The molecule has 0 radical (unpaired) electrons. The number of esters is 1. The van der Waals surface area contributed by atoms with Crippen LogP contribution < -0.4 is 14.2 Å². The van der Waals surface area contributed by atoms with Crippen LogP contribution in [0.1, 0.15) is 37.8 Å². The van der Waals surface area contributed by atoms with Crippen LogP contribution in [-0.2, 0) is 11.2 Å². The van der Waals surface area contributed by atoms with Crippen molar-refractivity contribution in [2.24, 2.45) is 0 Å². The van der Waals surface area contributed by atoms with Gasteiger partial charge in [0.05, 0.1) is 13.2 Å². The predicted octanol–water partition coefficient (Wildman–Crippen LogP) is 4.81. The number of hydrogen-bond donors (Lipinski definition) is 0. The Morgan fingerprint density at radius 2 is 1.77 bits per heavy atom. The van der Waals surface area contributed by atoms with E-state index in [0.717, 1.165) is 29.7 Å². The molecule has 1 aliphatic rings. The van der Waals surface area contributed by atoms with E-state index in [4.69, 9.17) is 14.2 Å². The van der Waals surface area contributed by atoms with Crippen LogP contribution in [0.3, 0.4) is 0 Å². The first-order valence-electron chi connectivity index (χ1n) is 9.11.